The number of nitrogens with zero attached hydrogens (tertiary/aromatic N) is 1. The molecule has 26 heavy (non-hydrogen) atoms. The van der Waals surface area contributed by atoms with Gasteiger partial charge in [-0.2, -0.15) is 0 Å². The van der Waals surface area contributed by atoms with Crippen molar-refractivity contribution in [2.45, 2.75) is 25.8 Å². The second kappa shape index (κ2) is 8.97. The van der Waals surface area contributed by atoms with Gasteiger partial charge in [0.1, 0.15) is 0 Å². The monoisotopic (exact) mass is 352 g/mol. The minimum Gasteiger partial charge on any atom is -0.396 e. The van der Waals surface area contributed by atoms with Gasteiger partial charge in [-0.05, 0) is 36.9 Å². The van der Waals surface area contributed by atoms with Crippen molar-refractivity contribution < 1.29 is 9.90 Å². The summed E-state index contributed by atoms with van der Waals surface area (Å²) in [6.07, 6.45) is 2.16. The van der Waals surface area contributed by atoms with Crippen molar-refractivity contribution >= 4 is 5.91 Å². The number of amides is 1. The fraction of sp³-hybridized carbons (Fsp3) is 0.409. The van der Waals surface area contributed by atoms with Gasteiger partial charge in [0.15, 0.2) is 0 Å². The Balaban J connectivity index is 1.56. The van der Waals surface area contributed by atoms with E-state index < -0.39 is 5.41 Å². The highest BCUT2D eigenvalue weighted by molar-refractivity contribution is 5.83. The van der Waals surface area contributed by atoms with E-state index in [2.05, 4.69) is 34.5 Å². The SMILES string of the molecule is O=C(NCCc1ccccc1)C1(CCO)CCN(Cc2ccccc2)C1. The molecule has 1 aliphatic heterocycles. The predicted molar refractivity (Wildman–Crippen MR) is 104 cm³/mol. The number of aliphatic hydroxyl groups is 1. The lowest BCUT2D eigenvalue weighted by atomic mass is 9.82. The lowest BCUT2D eigenvalue weighted by molar-refractivity contribution is -0.131. The van der Waals surface area contributed by atoms with E-state index >= 15 is 0 Å². The van der Waals surface area contributed by atoms with Crippen LogP contribution in [-0.4, -0.2) is 42.2 Å². The molecule has 0 aliphatic carbocycles. The van der Waals surface area contributed by atoms with Gasteiger partial charge in [0, 0.05) is 26.2 Å². The molecule has 0 radical (unpaired) electrons. The quantitative estimate of drug-likeness (QED) is 0.768. The average molecular weight is 352 g/mol. The fourth-order valence-electron chi connectivity index (χ4n) is 3.80. The van der Waals surface area contributed by atoms with Crippen molar-refractivity contribution in [1.29, 1.82) is 0 Å². The third-order valence-corrected chi connectivity index (χ3v) is 5.30. The molecule has 2 aromatic carbocycles. The Kier molecular flexibility index (Phi) is 6.42. The maximum absolute atomic E-state index is 12.9. The molecule has 1 atom stereocenters. The molecule has 0 spiro atoms. The molecule has 1 aliphatic rings. The standard InChI is InChI=1S/C22H28N2O2/c25-16-13-22(21(26)23-14-11-19-7-3-1-4-8-19)12-15-24(18-22)17-20-9-5-2-6-10-20/h1-10,25H,11-18H2,(H,23,26). The van der Waals surface area contributed by atoms with Crippen molar-refractivity contribution in [2.24, 2.45) is 5.41 Å². The first-order valence-corrected chi connectivity index (χ1v) is 9.41. The fourth-order valence-corrected chi connectivity index (χ4v) is 3.80. The summed E-state index contributed by atoms with van der Waals surface area (Å²) in [5.74, 6) is 0.0815. The molecule has 1 heterocycles. The topological polar surface area (TPSA) is 52.6 Å². The minimum absolute atomic E-state index is 0.0469. The Hall–Kier alpha value is -2.17. The van der Waals surface area contributed by atoms with Crippen molar-refractivity contribution in [1.82, 2.24) is 10.2 Å². The Morgan fingerprint density at radius 1 is 1.04 bits per heavy atom. The predicted octanol–water partition coefficient (Wildman–Crippen LogP) is 2.62. The Bertz CT molecular complexity index is 690. The molecule has 3 rings (SSSR count). The van der Waals surface area contributed by atoms with E-state index in [4.69, 9.17) is 0 Å². The molecule has 1 amide bonds. The van der Waals surface area contributed by atoms with Crippen molar-refractivity contribution in [3.63, 3.8) is 0 Å². The zero-order valence-corrected chi connectivity index (χ0v) is 15.2. The van der Waals surface area contributed by atoms with Crippen LogP contribution in [0, 0.1) is 5.41 Å². The van der Waals surface area contributed by atoms with E-state index in [9.17, 15) is 9.90 Å². The van der Waals surface area contributed by atoms with Gasteiger partial charge in [-0.25, -0.2) is 0 Å². The number of carbonyl (C=O) groups excluding carboxylic acids is 1. The molecule has 138 valence electrons. The van der Waals surface area contributed by atoms with Gasteiger partial charge in [0.2, 0.25) is 5.91 Å². The second-order valence-electron chi connectivity index (χ2n) is 7.19. The molecule has 1 fully saturated rings. The summed E-state index contributed by atoms with van der Waals surface area (Å²) in [6.45, 7) is 3.13. The lowest BCUT2D eigenvalue weighted by Crippen LogP contribution is -2.44. The maximum Gasteiger partial charge on any atom is 0.227 e. The highest BCUT2D eigenvalue weighted by Gasteiger charge is 2.43. The van der Waals surface area contributed by atoms with Gasteiger partial charge < -0.3 is 10.4 Å². The Morgan fingerprint density at radius 2 is 1.69 bits per heavy atom. The van der Waals surface area contributed by atoms with Crippen LogP contribution < -0.4 is 5.32 Å². The molecule has 0 aromatic heterocycles. The minimum atomic E-state index is -0.472. The largest absolute Gasteiger partial charge is 0.396 e. The van der Waals surface area contributed by atoms with Crippen LogP contribution in [-0.2, 0) is 17.8 Å². The molecule has 0 bridgehead atoms. The number of nitrogens with one attached hydrogen (secondary N) is 1. The summed E-state index contributed by atoms with van der Waals surface area (Å²) in [7, 11) is 0. The van der Waals surface area contributed by atoms with Gasteiger partial charge in [-0.1, -0.05) is 60.7 Å². The molecule has 1 unspecified atom stereocenters. The molecule has 2 N–H and O–H groups in total. The zero-order chi connectivity index (χ0) is 18.2. The lowest BCUT2D eigenvalue weighted by Gasteiger charge is -2.28. The molecule has 4 heteroatoms. The second-order valence-corrected chi connectivity index (χ2v) is 7.19. The Morgan fingerprint density at radius 3 is 2.35 bits per heavy atom. The van der Waals surface area contributed by atoms with Crippen LogP contribution in [0.3, 0.4) is 0 Å². The molecule has 2 aromatic rings. The Labute approximate surface area is 155 Å². The number of carbonyl (C=O) groups is 1. The van der Waals surface area contributed by atoms with E-state index in [1.165, 1.54) is 11.1 Å². The van der Waals surface area contributed by atoms with Crippen LogP contribution >= 0.6 is 0 Å². The van der Waals surface area contributed by atoms with Crippen LogP contribution in [0.15, 0.2) is 60.7 Å². The number of aliphatic hydroxyl groups excluding tert-OH is 1. The van der Waals surface area contributed by atoms with Crippen LogP contribution in [0.1, 0.15) is 24.0 Å². The van der Waals surface area contributed by atoms with E-state index in [1.54, 1.807) is 0 Å². The molecule has 0 saturated carbocycles. The van der Waals surface area contributed by atoms with E-state index in [1.807, 2.05) is 36.4 Å². The van der Waals surface area contributed by atoms with E-state index in [0.717, 1.165) is 25.9 Å². The maximum atomic E-state index is 12.9. The molecular weight excluding hydrogens is 324 g/mol. The summed E-state index contributed by atoms with van der Waals surface area (Å²) in [6, 6.07) is 20.5. The van der Waals surface area contributed by atoms with Gasteiger partial charge in [0.05, 0.1) is 5.41 Å². The highest BCUT2D eigenvalue weighted by atomic mass is 16.3. The van der Waals surface area contributed by atoms with Crippen LogP contribution in [0.25, 0.3) is 0 Å². The number of hydrogen-bond donors (Lipinski definition) is 2. The first-order valence-electron chi connectivity index (χ1n) is 9.41. The number of likely N-dealkylation sites (tertiary alicyclic amines) is 1. The van der Waals surface area contributed by atoms with Crippen molar-refractivity contribution in [3.05, 3.63) is 71.8 Å². The first kappa shape index (κ1) is 18.6. The van der Waals surface area contributed by atoms with Crippen molar-refractivity contribution in [2.75, 3.05) is 26.2 Å². The number of rotatable bonds is 8. The summed E-state index contributed by atoms with van der Waals surface area (Å²) in [4.78, 5) is 15.2. The van der Waals surface area contributed by atoms with Gasteiger partial charge >= 0.3 is 0 Å². The highest BCUT2D eigenvalue weighted by Crippen LogP contribution is 2.35. The summed E-state index contributed by atoms with van der Waals surface area (Å²) < 4.78 is 0. The van der Waals surface area contributed by atoms with E-state index in [-0.39, 0.29) is 12.5 Å². The zero-order valence-electron chi connectivity index (χ0n) is 15.2. The normalized spacial score (nSPS) is 20.2. The number of benzene rings is 2. The van der Waals surface area contributed by atoms with Crippen molar-refractivity contribution in [3.8, 4) is 0 Å². The van der Waals surface area contributed by atoms with Gasteiger partial charge in [-0.15, -0.1) is 0 Å². The molecule has 4 nitrogen and oxygen atoms in total. The smallest absolute Gasteiger partial charge is 0.227 e. The third-order valence-electron chi connectivity index (χ3n) is 5.30. The summed E-state index contributed by atoms with van der Waals surface area (Å²) in [5, 5.41) is 12.6. The van der Waals surface area contributed by atoms with Gasteiger partial charge in [-0.3, -0.25) is 9.69 Å². The molecule has 1 saturated heterocycles. The average Bonchev–Trinajstić information content (AvgIpc) is 3.07. The van der Waals surface area contributed by atoms with E-state index in [0.29, 0.717) is 19.5 Å². The number of hydrogen-bond acceptors (Lipinski definition) is 3. The van der Waals surface area contributed by atoms with Crippen LogP contribution in [0.4, 0.5) is 0 Å². The first-order chi connectivity index (χ1) is 12.7. The van der Waals surface area contributed by atoms with Crippen LogP contribution in [0.5, 0.6) is 0 Å². The summed E-state index contributed by atoms with van der Waals surface area (Å²) in [5.41, 5.74) is 2.01. The molecular formula is C22H28N2O2. The van der Waals surface area contributed by atoms with Gasteiger partial charge in [0.25, 0.3) is 0 Å². The van der Waals surface area contributed by atoms with Crippen LogP contribution in [0.2, 0.25) is 0 Å². The third kappa shape index (κ3) is 4.71. The summed E-state index contributed by atoms with van der Waals surface area (Å²) >= 11 is 0.